The molecule has 3 N–H and O–H groups in total. The molecule has 0 aliphatic rings. The number of halogens is 1. The van der Waals surface area contributed by atoms with E-state index >= 15 is 0 Å². The second-order valence-electron chi connectivity index (χ2n) is 4.22. The summed E-state index contributed by atoms with van der Waals surface area (Å²) in [6, 6.07) is 11.0. The van der Waals surface area contributed by atoms with E-state index in [1.807, 2.05) is 12.1 Å². The van der Waals surface area contributed by atoms with Crippen molar-refractivity contribution in [2.75, 3.05) is 18.2 Å². The first-order valence-electron chi connectivity index (χ1n) is 5.92. The van der Waals surface area contributed by atoms with E-state index in [9.17, 15) is 0 Å². The minimum atomic E-state index is 0.384. The highest BCUT2D eigenvalue weighted by atomic mass is 35.5. The summed E-state index contributed by atoms with van der Waals surface area (Å²) in [7, 11) is 1.56. The summed E-state index contributed by atoms with van der Waals surface area (Å²) in [5.41, 5.74) is 8.47. The number of benzene rings is 2. The molecule has 0 bridgehead atoms. The van der Waals surface area contributed by atoms with Crippen molar-refractivity contribution >= 4 is 40.1 Å². The van der Waals surface area contributed by atoms with Crippen LogP contribution in [0.5, 0.6) is 5.75 Å². The smallest absolute Gasteiger partial charge is 0.300 e. The molecule has 0 unspecified atom stereocenters. The number of nitrogen functional groups attached to an aromatic ring is 1. The molecule has 1 aromatic heterocycles. The maximum Gasteiger partial charge on any atom is 0.300 e. The molecule has 0 spiro atoms. The number of hydrogen-bond donors (Lipinski definition) is 2. The first-order valence-corrected chi connectivity index (χ1v) is 6.30. The summed E-state index contributed by atoms with van der Waals surface area (Å²) in [6.45, 7) is 0. The van der Waals surface area contributed by atoms with E-state index < -0.39 is 0 Å². The van der Waals surface area contributed by atoms with Gasteiger partial charge in [0, 0.05) is 23.5 Å². The van der Waals surface area contributed by atoms with Crippen LogP contribution in [0.1, 0.15) is 0 Å². The Morgan fingerprint density at radius 2 is 2.10 bits per heavy atom. The predicted molar refractivity (Wildman–Crippen MR) is 79.7 cm³/mol. The number of aromatic nitrogens is 1. The van der Waals surface area contributed by atoms with Crippen LogP contribution in [-0.4, -0.2) is 12.1 Å². The molecular formula is C14H12ClN3O2. The van der Waals surface area contributed by atoms with E-state index in [0.29, 0.717) is 28.1 Å². The molecule has 2 aromatic carbocycles. The highest BCUT2D eigenvalue weighted by Crippen LogP contribution is 2.30. The molecule has 0 aliphatic heterocycles. The van der Waals surface area contributed by atoms with Gasteiger partial charge in [-0.2, -0.15) is 4.98 Å². The van der Waals surface area contributed by atoms with Crippen molar-refractivity contribution in [1.29, 1.82) is 0 Å². The molecule has 0 saturated carbocycles. The van der Waals surface area contributed by atoms with Crippen LogP contribution in [0.2, 0.25) is 5.02 Å². The monoisotopic (exact) mass is 289 g/mol. The van der Waals surface area contributed by atoms with Crippen LogP contribution in [0.25, 0.3) is 11.1 Å². The van der Waals surface area contributed by atoms with Crippen LogP contribution >= 0.6 is 11.6 Å². The number of anilines is 3. The van der Waals surface area contributed by atoms with Gasteiger partial charge in [-0.05, 0) is 24.3 Å². The Labute approximate surface area is 120 Å². The van der Waals surface area contributed by atoms with Gasteiger partial charge >= 0.3 is 0 Å². The van der Waals surface area contributed by atoms with Crippen molar-refractivity contribution in [2.45, 2.75) is 0 Å². The fourth-order valence-electron chi connectivity index (χ4n) is 1.86. The fraction of sp³-hybridized carbons (Fsp3) is 0.0714. The van der Waals surface area contributed by atoms with Crippen molar-refractivity contribution < 1.29 is 9.15 Å². The lowest BCUT2D eigenvalue weighted by molar-refractivity contribution is 0.415. The molecule has 5 nitrogen and oxygen atoms in total. The zero-order chi connectivity index (χ0) is 14.1. The average molecular weight is 290 g/mol. The lowest BCUT2D eigenvalue weighted by Gasteiger charge is -2.06. The van der Waals surface area contributed by atoms with Crippen LogP contribution in [0.4, 0.5) is 17.4 Å². The number of nitrogens with two attached hydrogens (primary N) is 1. The SMILES string of the molecule is COc1cc(Nc2nc3ccc(N)cc3o2)ccc1Cl. The van der Waals surface area contributed by atoms with Gasteiger partial charge in [-0.25, -0.2) is 0 Å². The van der Waals surface area contributed by atoms with Gasteiger partial charge < -0.3 is 20.2 Å². The van der Waals surface area contributed by atoms with Gasteiger partial charge in [0.05, 0.1) is 12.1 Å². The Morgan fingerprint density at radius 3 is 2.90 bits per heavy atom. The molecule has 0 aliphatic carbocycles. The summed E-state index contributed by atoms with van der Waals surface area (Å²) < 4.78 is 10.7. The third kappa shape index (κ3) is 2.35. The van der Waals surface area contributed by atoms with E-state index in [1.165, 1.54) is 0 Å². The highest BCUT2D eigenvalue weighted by Gasteiger charge is 2.08. The van der Waals surface area contributed by atoms with Crippen LogP contribution in [0.15, 0.2) is 40.8 Å². The van der Waals surface area contributed by atoms with E-state index in [1.54, 1.807) is 31.4 Å². The quantitative estimate of drug-likeness (QED) is 0.717. The third-order valence-corrected chi connectivity index (χ3v) is 3.13. The number of oxazole rings is 1. The van der Waals surface area contributed by atoms with Gasteiger partial charge in [0.1, 0.15) is 11.3 Å². The van der Waals surface area contributed by atoms with Gasteiger partial charge in [-0.1, -0.05) is 11.6 Å². The van der Waals surface area contributed by atoms with E-state index in [0.717, 1.165) is 11.2 Å². The van der Waals surface area contributed by atoms with Crippen LogP contribution in [0.3, 0.4) is 0 Å². The Kier molecular flexibility index (Phi) is 3.12. The van der Waals surface area contributed by atoms with Crippen LogP contribution in [-0.2, 0) is 0 Å². The Hall–Kier alpha value is -2.40. The molecule has 3 aromatic rings. The van der Waals surface area contributed by atoms with Gasteiger partial charge in [0.15, 0.2) is 5.58 Å². The second kappa shape index (κ2) is 4.94. The van der Waals surface area contributed by atoms with Gasteiger partial charge in [-0.3, -0.25) is 0 Å². The maximum absolute atomic E-state index is 5.98. The van der Waals surface area contributed by atoms with Crippen molar-refractivity contribution in [3.8, 4) is 5.75 Å². The number of hydrogen-bond acceptors (Lipinski definition) is 5. The van der Waals surface area contributed by atoms with Gasteiger partial charge in [0.2, 0.25) is 0 Å². The summed E-state index contributed by atoms with van der Waals surface area (Å²) in [5, 5.41) is 3.60. The minimum Gasteiger partial charge on any atom is -0.495 e. The lowest BCUT2D eigenvalue weighted by Crippen LogP contribution is -1.91. The van der Waals surface area contributed by atoms with Crippen LogP contribution in [0, 0.1) is 0 Å². The number of fused-ring (bicyclic) bond motifs is 1. The zero-order valence-electron chi connectivity index (χ0n) is 10.7. The fourth-order valence-corrected chi connectivity index (χ4v) is 2.05. The molecule has 3 rings (SSSR count). The Morgan fingerprint density at radius 1 is 1.25 bits per heavy atom. The third-order valence-electron chi connectivity index (χ3n) is 2.81. The first-order chi connectivity index (χ1) is 9.65. The van der Waals surface area contributed by atoms with Crippen molar-refractivity contribution in [3.63, 3.8) is 0 Å². The topological polar surface area (TPSA) is 73.3 Å². The summed E-state index contributed by atoms with van der Waals surface area (Å²) in [5.74, 6) is 0.581. The number of nitrogens with one attached hydrogen (secondary N) is 1. The molecule has 0 radical (unpaired) electrons. The number of rotatable bonds is 3. The molecule has 20 heavy (non-hydrogen) atoms. The standard InChI is InChI=1S/C14H12ClN3O2/c1-19-12-7-9(3-4-10(12)15)17-14-18-11-5-2-8(16)6-13(11)20-14/h2-7H,16H2,1H3,(H,17,18). The average Bonchev–Trinajstić information content (AvgIpc) is 2.82. The largest absolute Gasteiger partial charge is 0.495 e. The normalized spacial score (nSPS) is 10.7. The van der Waals surface area contributed by atoms with Gasteiger partial charge in [-0.15, -0.1) is 0 Å². The van der Waals surface area contributed by atoms with Gasteiger partial charge in [0.25, 0.3) is 6.01 Å². The minimum absolute atomic E-state index is 0.384. The predicted octanol–water partition coefficient (Wildman–Crippen LogP) is 3.82. The summed E-state index contributed by atoms with van der Waals surface area (Å²) in [6.07, 6.45) is 0. The second-order valence-corrected chi connectivity index (χ2v) is 4.63. The Balaban J connectivity index is 1.92. The van der Waals surface area contributed by atoms with E-state index in [-0.39, 0.29) is 0 Å². The molecule has 6 heteroatoms. The van der Waals surface area contributed by atoms with E-state index in [4.69, 9.17) is 26.5 Å². The molecule has 0 amide bonds. The molecular weight excluding hydrogens is 278 g/mol. The molecule has 0 saturated heterocycles. The molecule has 0 fully saturated rings. The van der Waals surface area contributed by atoms with E-state index in [2.05, 4.69) is 10.3 Å². The van der Waals surface area contributed by atoms with Crippen molar-refractivity contribution in [2.24, 2.45) is 0 Å². The summed E-state index contributed by atoms with van der Waals surface area (Å²) in [4.78, 5) is 4.32. The molecule has 0 atom stereocenters. The van der Waals surface area contributed by atoms with Crippen LogP contribution < -0.4 is 15.8 Å². The highest BCUT2D eigenvalue weighted by molar-refractivity contribution is 6.32. The first kappa shape index (κ1) is 12.6. The van der Waals surface area contributed by atoms with Crippen molar-refractivity contribution in [1.82, 2.24) is 4.98 Å². The zero-order valence-corrected chi connectivity index (χ0v) is 11.4. The van der Waals surface area contributed by atoms with Crippen molar-refractivity contribution in [3.05, 3.63) is 41.4 Å². The maximum atomic E-state index is 5.98. The molecule has 1 heterocycles. The Bertz CT molecular complexity index is 770. The number of methoxy groups -OCH3 is 1. The number of nitrogens with zero attached hydrogens (tertiary/aromatic N) is 1. The summed E-state index contributed by atoms with van der Waals surface area (Å²) >= 11 is 5.98. The molecule has 102 valence electrons. The lowest BCUT2D eigenvalue weighted by atomic mass is 10.3. The number of ether oxygens (including phenoxy) is 1.